The molecule has 0 saturated heterocycles. The van der Waals surface area contributed by atoms with Crippen molar-refractivity contribution in [1.82, 2.24) is 5.32 Å². The predicted octanol–water partition coefficient (Wildman–Crippen LogP) is 2.43. The van der Waals surface area contributed by atoms with E-state index in [9.17, 15) is 4.79 Å². The van der Waals surface area contributed by atoms with Gasteiger partial charge >= 0.3 is 0 Å². The van der Waals surface area contributed by atoms with Crippen LogP contribution in [0.3, 0.4) is 0 Å². The van der Waals surface area contributed by atoms with Crippen LogP contribution in [0.2, 0.25) is 0 Å². The van der Waals surface area contributed by atoms with E-state index in [1.54, 1.807) is 7.05 Å². The Bertz CT molecular complexity index is 363. The number of hydrogen-bond acceptors (Lipinski definition) is 2. The van der Waals surface area contributed by atoms with E-state index in [0.717, 1.165) is 17.8 Å². The van der Waals surface area contributed by atoms with Crippen molar-refractivity contribution in [2.45, 2.75) is 27.2 Å². The van der Waals surface area contributed by atoms with E-state index < -0.39 is 0 Å². The number of hydrogen-bond donors (Lipinski definition) is 2. The molecule has 17 heavy (non-hydrogen) atoms. The Morgan fingerprint density at radius 2 is 1.76 bits per heavy atom. The number of likely N-dealkylation sites (N-methyl/N-ethyl adjacent to an activating group) is 1. The Labute approximate surface area is 104 Å². The highest BCUT2D eigenvalue weighted by atomic mass is 16.1. The SMILES string of the molecule is CNC(=O)Cc1ccc(NCC(C)(C)C)cc1. The molecule has 1 amide bonds. The van der Waals surface area contributed by atoms with Crippen LogP contribution in [-0.2, 0) is 11.2 Å². The molecule has 0 spiro atoms. The van der Waals surface area contributed by atoms with Crippen LogP contribution in [0.1, 0.15) is 26.3 Å². The molecule has 0 atom stereocenters. The van der Waals surface area contributed by atoms with Gasteiger partial charge in [0, 0.05) is 19.3 Å². The minimum atomic E-state index is 0.0420. The van der Waals surface area contributed by atoms with E-state index in [1.165, 1.54) is 0 Å². The summed E-state index contributed by atoms with van der Waals surface area (Å²) >= 11 is 0. The summed E-state index contributed by atoms with van der Waals surface area (Å²) in [6.45, 7) is 7.52. The molecule has 0 aliphatic heterocycles. The maximum absolute atomic E-state index is 11.2. The van der Waals surface area contributed by atoms with Crippen LogP contribution >= 0.6 is 0 Å². The third kappa shape index (κ3) is 5.38. The largest absolute Gasteiger partial charge is 0.385 e. The quantitative estimate of drug-likeness (QED) is 0.840. The van der Waals surface area contributed by atoms with Gasteiger partial charge in [0.2, 0.25) is 5.91 Å². The molecule has 1 aromatic carbocycles. The molecule has 0 aromatic heterocycles. The normalized spacial score (nSPS) is 11.1. The second-order valence-corrected chi connectivity index (χ2v) is 5.46. The Morgan fingerprint density at radius 3 is 2.24 bits per heavy atom. The molecular weight excluding hydrogens is 212 g/mol. The van der Waals surface area contributed by atoms with Crippen LogP contribution in [0.15, 0.2) is 24.3 Å². The molecule has 0 radical (unpaired) electrons. The number of amides is 1. The zero-order chi connectivity index (χ0) is 12.9. The fourth-order valence-electron chi connectivity index (χ4n) is 1.38. The Morgan fingerprint density at radius 1 is 1.18 bits per heavy atom. The number of nitrogens with one attached hydrogen (secondary N) is 2. The highest BCUT2D eigenvalue weighted by Crippen LogP contribution is 2.16. The van der Waals surface area contributed by atoms with Gasteiger partial charge in [0.15, 0.2) is 0 Å². The average molecular weight is 234 g/mol. The summed E-state index contributed by atoms with van der Waals surface area (Å²) in [5.41, 5.74) is 2.40. The van der Waals surface area contributed by atoms with Gasteiger partial charge in [0.25, 0.3) is 0 Å². The smallest absolute Gasteiger partial charge is 0.224 e. The van der Waals surface area contributed by atoms with Gasteiger partial charge in [-0.25, -0.2) is 0 Å². The van der Waals surface area contributed by atoms with E-state index >= 15 is 0 Å². The van der Waals surface area contributed by atoms with Gasteiger partial charge in [-0.05, 0) is 23.1 Å². The summed E-state index contributed by atoms with van der Waals surface area (Å²) < 4.78 is 0. The second kappa shape index (κ2) is 5.71. The molecule has 3 heteroatoms. The molecule has 0 heterocycles. The lowest BCUT2D eigenvalue weighted by molar-refractivity contribution is -0.119. The fraction of sp³-hybridized carbons (Fsp3) is 0.500. The first-order valence-corrected chi connectivity index (χ1v) is 5.94. The van der Waals surface area contributed by atoms with Crippen LogP contribution in [0.25, 0.3) is 0 Å². The third-order valence-corrected chi connectivity index (χ3v) is 2.42. The molecule has 2 N–H and O–H groups in total. The maximum Gasteiger partial charge on any atom is 0.224 e. The van der Waals surface area contributed by atoms with Crippen LogP contribution in [-0.4, -0.2) is 19.5 Å². The molecule has 0 aliphatic carbocycles. The van der Waals surface area contributed by atoms with Crippen molar-refractivity contribution in [3.8, 4) is 0 Å². The van der Waals surface area contributed by atoms with Gasteiger partial charge in [-0.2, -0.15) is 0 Å². The van der Waals surface area contributed by atoms with E-state index in [4.69, 9.17) is 0 Å². The summed E-state index contributed by atoms with van der Waals surface area (Å²) in [7, 11) is 1.65. The van der Waals surface area contributed by atoms with Crippen molar-refractivity contribution in [1.29, 1.82) is 0 Å². The van der Waals surface area contributed by atoms with Gasteiger partial charge in [-0.1, -0.05) is 32.9 Å². The van der Waals surface area contributed by atoms with E-state index in [0.29, 0.717) is 6.42 Å². The summed E-state index contributed by atoms with van der Waals surface area (Å²) in [4.78, 5) is 11.2. The van der Waals surface area contributed by atoms with Gasteiger partial charge in [-0.15, -0.1) is 0 Å². The summed E-state index contributed by atoms with van der Waals surface area (Å²) in [5.74, 6) is 0.0420. The molecule has 0 fully saturated rings. The highest BCUT2D eigenvalue weighted by Gasteiger charge is 2.09. The first-order chi connectivity index (χ1) is 7.90. The molecule has 1 rings (SSSR count). The van der Waals surface area contributed by atoms with E-state index in [1.807, 2.05) is 24.3 Å². The topological polar surface area (TPSA) is 41.1 Å². The minimum Gasteiger partial charge on any atom is -0.385 e. The Balaban J connectivity index is 2.53. The summed E-state index contributed by atoms with van der Waals surface area (Å²) in [6, 6.07) is 8.01. The molecule has 0 bridgehead atoms. The number of carbonyl (C=O) groups excluding carboxylic acids is 1. The zero-order valence-corrected chi connectivity index (χ0v) is 11.1. The lowest BCUT2D eigenvalue weighted by atomic mass is 9.97. The van der Waals surface area contributed by atoms with Crippen LogP contribution in [0, 0.1) is 5.41 Å². The number of rotatable bonds is 4. The van der Waals surface area contributed by atoms with Crippen molar-refractivity contribution >= 4 is 11.6 Å². The first kappa shape index (κ1) is 13.6. The van der Waals surface area contributed by atoms with Gasteiger partial charge in [-0.3, -0.25) is 4.79 Å². The minimum absolute atomic E-state index is 0.0420. The van der Waals surface area contributed by atoms with Crippen molar-refractivity contribution in [2.24, 2.45) is 5.41 Å². The molecule has 0 unspecified atom stereocenters. The van der Waals surface area contributed by atoms with Gasteiger partial charge in [0.1, 0.15) is 0 Å². The third-order valence-electron chi connectivity index (χ3n) is 2.42. The molecule has 0 saturated carbocycles. The van der Waals surface area contributed by atoms with Crippen molar-refractivity contribution in [3.63, 3.8) is 0 Å². The summed E-state index contributed by atoms with van der Waals surface area (Å²) in [6.07, 6.45) is 0.441. The standard InChI is InChI=1S/C14H22N2O/c1-14(2,3)10-16-12-7-5-11(6-8-12)9-13(17)15-4/h5-8,16H,9-10H2,1-4H3,(H,15,17). The molecule has 0 aliphatic rings. The fourth-order valence-corrected chi connectivity index (χ4v) is 1.38. The second-order valence-electron chi connectivity index (χ2n) is 5.46. The number of benzene rings is 1. The lowest BCUT2D eigenvalue weighted by Crippen LogP contribution is -2.20. The Kier molecular flexibility index (Phi) is 4.55. The van der Waals surface area contributed by atoms with Crippen molar-refractivity contribution < 1.29 is 4.79 Å². The highest BCUT2D eigenvalue weighted by molar-refractivity contribution is 5.78. The predicted molar refractivity (Wildman–Crippen MR) is 72.2 cm³/mol. The summed E-state index contributed by atoms with van der Waals surface area (Å²) in [5, 5.41) is 6.00. The number of anilines is 1. The monoisotopic (exact) mass is 234 g/mol. The van der Waals surface area contributed by atoms with Crippen LogP contribution < -0.4 is 10.6 Å². The number of carbonyl (C=O) groups is 1. The Hall–Kier alpha value is -1.51. The van der Waals surface area contributed by atoms with Crippen molar-refractivity contribution in [2.75, 3.05) is 18.9 Å². The van der Waals surface area contributed by atoms with Gasteiger partial charge in [0.05, 0.1) is 6.42 Å². The van der Waals surface area contributed by atoms with Crippen LogP contribution in [0.5, 0.6) is 0 Å². The van der Waals surface area contributed by atoms with Crippen LogP contribution in [0.4, 0.5) is 5.69 Å². The first-order valence-electron chi connectivity index (χ1n) is 5.94. The van der Waals surface area contributed by atoms with Gasteiger partial charge < -0.3 is 10.6 Å². The van der Waals surface area contributed by atoms with E-state index in [-0.39, 0.29) is 11.3 Å². The zero-order valence-electron chi connectivity index (χ0n) is 11.1. The molecule has 94 valence electrons. The lowest BCUT2D eigenvalue weighted by Gasteiger charge is -2.19. The molecule has 3 nitrogen and oxygen atoms in total. The molecule has 1 aromatic rings. The maximum atomic E-state index is 11.2. The van der Waals surface area contributed by atoms with E-state index in [2.05, 4.69) is 31.4 Å². The average Bonchev–Trinajstić information content (AvgIpc) is 2.27. The molecular formula is C14H22N2O. The van der Waals surface area contributed by atoms with Crippen molar-refractivity contribution in [3.05, 3.63) is 29.8 Å².